The zero-order valence-electron chi connectivity index (χ0n) is 15.8. The van der Waals surface area contributed by atoms with Crippen LogP contribution >= 0.6 is 0 Å². The van der Waals surface area contributed by atoms with E-state index in [1.54, 1.807) is 11.1 Å². The van der Waals surface area contributed by atoms with Gasteiger partial charge in [0.25, 0.3) is 0 Å². The smallest absolute Gasteiger partial charge is 0.310 e. The summed E-state index contributed by atoms with van der Waals surface area (Å²) in [4.78, 5) is 14.7. The van der Waals surface area contributed by atoms with Crippen molar-refractivity contribution in [2.24, 2.45) is 17.3 Å². The minimum Gasteiger partial charge on any atom is -0.462 e. The van der Waals surface area contributed by atoms with Crippen LogP contribution in [0.15, 0.2) is 11.1 Å². The van der Waals surface area contributed by atoms with Gasteiger partial charge in [0.1, 0.15) is 6.10 Å². The first-order valence-electron chi connectivity index (χ1n) is 9.77. The Labute approximate surface area is 150 Å². The van der Waals surface area contributed by atoms with Crippen molar-refractivity contribution >= 4 is 5.97 Å². The van der Waals surface area contributed by atoms with E-state index in [9.17, 15) is 4.79 Å². The minimum absolute atomic E-state index is 0.00407. The van der Waals surface area contributed by atoms with E-state index < -0.39 is 0 Å². The first kappa shape index (κ1) is 17.5. The summed E-state index contributed by atoms with van der Waals surface area (Å²) in [6, 6.07) is 0. The van der Waals surface area contributed by atoms with Crippen LogP contribution < -0.4 is 0 Å². The van der Waals surface area contributed by atoms with E-state index in [0.29, 0.717) is 25.7 Å². The molecule has 0 aromatic carbocycles. The van der Waals surface area contributed by atoms with Gasteiger partial charge in [-0.15, -0.1) is 0 Å². The Kier molecular flexibility index (Phi) is 4.67. The van der Waals surface area contributed by atoms with Crippen molar-refractivity contribution in [1.29, 1.82) is 0 Å². The van der Waals surface area contributed by atoms with Crippen LogP contribution in [0.3, 0.4) is 0 Å². The van der Waals surface area contributed by atoms with Crippen molar-refractivity contribution in [1.82, 2.24) is 4.90 Å². The highest BCUT2D eigenvalue weighted by Gasteiger charge is 2.53. The zero-order valence-corrected chi connectivity index (χ0v) is 15.8. The molecule has 2 aliphatic carbocycles. The Hall–Kier alpha value is -0.910. The van der Waals surface area contributed by atoms with Gasteiger partial charge in [0.2, 0.25) is 0 Å². The predicted octanol–water partition coefficient (Wildman–Crippen LogP) is 2.75. The quantitative estimate of drug-likeness (QED) is 0.577. The van der Waals surface area contributed by atoms with Gasteiger partial charge < -0.3 is 19.1 Å². The molecule has 0 aromatic heterocycles. The maximum atomic E-state index is 12.6. The highest BCUT2D eigenvalue weighted by molar-refractivity contribution is 5.76. The van der Waals surface area contributed by atoms with Gasteiger partial charge in [-0.2, -0.15) is 0 Å². The van der Waals surface area contributed by atoms with Crippen molar-refractivity contribution < 1.29 is 19.0 Å². The van der Waals surface area contributed by atoms with Gasteiger partial charge in [-0.05, 0) is 51.5 Å². The second-order valence-corrected chi connectivity index (χ2v) is 8.72. The first-order valence-corrected chi connectivity index (χ1v) is 9.77. The van der Waals surface area contributed by atoms with Crippen molar-refractivity contribution in [3.05, 3.63) is 11.1 Å². The molecule has 2 heterocycles. The second-order valence-electron chi connectivity index (χ2n) is 8.72. The lowest BCUT2D eigenvalue weighted by molar-refractivity contribution is -0.145. The molecule has 0 bridgehead atoms. The van der Waals surface area contributed by atoms with Crippen molar-refractivity contribution in [2.45, 2.75) is 58.3 Å². The molecule has 0 spiro atoms. The van der Waals surface area contributed by atoms with Gasteiger partial charge in [-0.1, -0.05) is 18.1 Å². The molecule has 5 heteroatoms. The third-order valence-corrected chi connectivity index (χ3v) is 6.84. The van der Waals surface area contributed by atoms with Crippen LogP contribution in [-0.4, -0.2) is 56.6 Å². The second kappa shape index (κ2) is 6.67. The number of hydrogen-bond acceptors (Lipinski definition) is 5. The van der Waals surface area contributed by atoms with Crippen LogP contribution in [0.4, 0.5) is 0 Å². The molecule has 3 fully saturated rings. The summed E-state index contributed by atoms with van der Waals surface area (Å²) >= 11 is 0. The van der Waals surface area contributed by atoms with E-state index in [1.807, 2.05) is 7.05 Å². The van der Waals surface area contributed by atoms with E-state index >= 15 is 0 Å². The largest absolute Gasteiger partial charge is 0.462 e. The molecule has 4 rings (SSSR count). The molecule has 0 radical (unpaired) electrons. The molecule has 0 aromatic rings. The number of ether oxygens (including phenoxy) is 3. The lowest BCUT2D eigenvalue weighted by Gasteiger charge is -2.45. The molecule has 4 aliphatic rings. The summed E-state index contributed by atoms with van der Waals surface area (Å²) in [5.74, 6) is 0.301. The van der Waals surface area contributed by atoms with E-state index in [-0.39, 0.29) is 29.7 Å². The summed E-state index contributed by atoms with van der Waals surface area (Å²) in [5.41, 5.74) is 3.43. The van der Waals surface area contributed by atoms with Crippen LogP contribution in [0, 0.1) is 17.3 Å². The highest BCUT2D eigenvalue weighted by Crippen LogP contribution is 2.55. The molecule has 25 heavy (non-hydrogen) atoms. The van der Waals surface area contributed by atoms with Crippen LogP contribution in [0.2, 0.25) is 0 Å². The summed E-state index contributed by atoms with van der Waals surface area (Å²) in [6.45, 7) is 7.44. The molecule has 2 aliphatic heterocycles. The predicted molar refractivity (Wildman–Crippen MR) is 93.9 cm³/mol. The monoisotopic (exact) mass is 349 g/mol. The molecular formula is C20H31NO4. The maximum Gasteiger partial charge on any atom is 0.310 e. The molecular weight excluding hydrogens is 318 g/mol. The minimum atomic E-state index is -0.156. The molecule has 0 amide bonds. The third-order valence-electron chi connectivity index (χ3n) is 6.84. The number of nitrogens with zero attached hydrogens (tertiary/aromatic N) is 1. The van der Waals surface area contributed by atoms with Crippen LogP contribution in [0.1, 0.15) is 46.0 Å². The number of hydrogen-bond donors (Lipinski definition) is 0. The Morgan fingerprint density at radius 1 is 1.24 bits per heavy atom. The molecule has 2 saturated heterocycles. The van der Waals surface area contributed by atoms with Crippen molar-refractivity contribution in [2.75, 3.05) is 33.4 Å². The van der Waals surface area contributed by atoms with Crippen LogP contribution in [-0.2, 0) is 19.0 Å². The number of likely N-dealkylation sites (N-methyl/N-ethyl adjacent to an activating group) is 1. The average Bonchev–Trinajstić information content (AvgIpc) is 3.14. The summed E-state index contributed by atoms with van der Waals surface area (Å²) in [5, 5.41) is 0. The topological polar surface area (TPSA) is 48.0 Å². The normalized spacial score (nSPS) is 38.9. The fourth-order valence-electron chi connectivity index (χ4n) is 5.50. The van der Waals surface area contributed by atoms with Crippen molar-refractivity contribution in [3.8, 4) is 0 Å². The molecule has 0 N–H and O–H groups in total. The standard InChI is InChI=1S/C20H31NO4/c1-13-5-4-6-20(2)10-17-14(9-16(13)20)15(19(22)25-17)11-21(3)12-18-23-7-8-24-18/h14-15,17-18H,4-12H2,1-3H3/t14-,15-,17-,20-/m1/s1. The molecule has 140 valence electrons. The SMILES string of the molecule is CC1=C2C[C@H]3[C@@H](C[C@@]2(C)CCC1)OC(=O)[C@@H]3CN(C)CC1OCCO1. The molecule has 4 atom stereocenters. The lowest BCUT2D eigenvalue weighted by Crippen LogP contribution is -2.42. The first-order chi connectivity index (χ1) is 12.0. The Morgan fingerprint density at radius 3 is 2.76 bits per heavy atom. The Morgan fingerprint density at radius 2 is 2.00 bits per heavy atom. The number of esters is 1. The third kappa shape index (κ3) is 3.26. The van der Waals surface area contributed by atoms with Gasteiger partial charge in [0.15, 0.2) is 6.29 Å². The fourth-order valence-corrected chi connectivity index (χ4v) is 5.50. The number of fused-ring (bicyclic) bond motifs is 2. The summed E-state index contributed by atoms with van der Waals surface area (Å²) in [6.07, 6.45) is 5.71. The zero-order chi connectivity index (χ0) is 17.6. The average molecular weight is 349 g/mol. The number of carbonyl (C=O) groups excluding carboxylic acids is 1. The van der Waals surface area contributed by atoms with E-state index in [0.717, 1.165) is 19.4 Å². The number of rotatable bonds is 4. The van der Waals surface area contributed by atoms with Gasteiger partial charge in [0, 0.05) is 19.0 Å². The number of allylic oxidation sites excluding steroid dienone is 2. The van der Waals surface area contributed by atoms with E-state index in [4.69, 9.17) is 14.2 Å². The highest BCUT2D eigenvalue weighted by atomic mass is 16.7. The Bertz CT molecular complexity index is 568. The molecule has 1 saturated carbocycles. The van der Waals surface area contributed by atoms with Gasteiger partial charge >= 0.3 is 5.97 Å². The van der Waals surface area contributed by atoms with Gasteiger partial charge in [-0.3, -0.25) is 4.79 Å². The van der Waals surface area contributed by atoms with Crippen LogP contribution in [0.25, 0.3) is 0 Å². The van der Waals surface area contributed by atoms with E-state index in [2.05, 4.69) is 18.7 Å². The fraction of sp³-hybridized carbons (Fsp3) is 0.850. The molecule has 0 unspecified atom stereocenters. The van der Waals surface area contributed by atoms with E-state index in [1.165, 1.54) is 19.3 Å². The summed E-state index contributed by atoms with van der Waals surface area (Å²) < 4.78 is 16.9. The van der Waals surface area contributed by atoms with Gasteiger partial charge in [-0.25, -0.2) is 0 Å². The maximum absolute atomic E-state index is 12.6. The number of carbonyl (C=O) groups is 1. The Balaban J connectivity index is 1.46. The summed E-state index contributed by atoms with van der Waals surface area (Å²) in [7, 11) is 2.05. The lowest BCUT2D eigenvalue weighted by atomic mass is 9.59. The van der Waals surface area contributed by atoms with Gasteiger partial charge in [0.05, 0.1) is 19.1 Å². The molecule has 5 nitrogen and oxygen atoms in total. The van der Waals surface area contributed by atoms with Crippen molar-refractivity contribution in [3.63, 3.8) is 0 Å². The van der Waals surface area contributed by atoms with Crippen LogP contribution in [0.5, 0.6) is 0 Å².